The Morgan fingerprint density at radius 2 is 1.80 bits per heavy atom. The Bertz CT molecular complexity index is 981. The molecule has 3 heterocycles. The molecule has 1 aliphatic carbocycles. The molecule has 0 radical (unpaired) electrons. The summed E-state index contributed by atoms with van der Waals surface area (Å²) in [5.74, 6) is 0.249. The van der Waals surface area contributed by atoms with E-state index in [-0.39, 0.29) is 23.5 Å². The van der Waals surface area contributed by atoms with Crippen LogP contribution in [0.3, 0.4) is 0 Å². The fraction of sp³-hybridized carbons (Fsp3) is 0.200. The molecule has 1 aromatic carbocycles. The van der Waals surface area contributed by atoms with Crippen molar-refractivity contribution in [1.29, 1.82) is 0 Å². The number of carbonyl (C=O) groups is 2. The first-order valence-corrected chi connectivity index (χ1v) is 8.35. The van der Waals surface area contributed by atoms with Gasteiger partial charge in [-0.3, -0.25) is 14.2 Å². The smallest absolute Gasteiger partial charge is 0.264 e. The summed E-state index contributed by atoms with van der Waals surface area (Å²) < 4.78 is 7.34. The number of nitrogens with two attached hydrogens (primary N) is 1. The van der Waals surface area contributed by atoms with Crippen LogP contribution in [0.15, 0.2) is 71.4 Å². The lowest BCUT2D eigenvalue weighted by Crippen LogP contribution is -2.29. The van der Waals surface area contributed by atoms with Crippen molar-refractivity contribution in [2.45, 2.75) is 24.7 Å². The Labute approximate surface area is 144 Å². The lowest BCUT2D eigenvalue weighted by atomic mass is 9.75. The minimum absolute atomic E-state index is 0.0348. The molecule has 0 bridgehead atoms. The van der Waals surface area contributed by atoms with Crippen LogP contribution in [-0.4, -0.2) is 16.3 Å². The molecule has 0 saturated carbocycles. The first kappa shape index (κ1) is 14.3. The largest absolute Gasteiger partial charge is 0.445 e. The third-order valence-electron chi connectivity index (χ3n) is 5.34. The topological polar surface area (TPSA) is 74.3 Å². The van der Waals surface area contributed by atoms with E-state index in [1.54, 1.807) is 10.8 Å². The van der Waals surface area contributed by atoms with Gasteiger partial charge in [0.25, 0.3) is 5.91 Å². The van der Waals surface area contributed by atoms with Gasteiger partial charge in [0.15, 0.2) is 11.7 Å². The first-order chi connectivity index (χ1) is 12.1. The molecule has 2 unspecified atom stereocenters. The minimum Gasteiger partial charge on any atom is -0.445 e. The predicted molar refractivity (Wildman–Crippen MR) is 90.5 cm³/mol. The van der Waals surface area contributed by atoms with Crippen molar-refractivity contribution < 1.29 is 14.3 Å². The number of ether oxygens (including phenoxy) is 1. The van der Waals surface area contributed by atoms with E-state index in [4.69, 9.17) is 10.5 Å². The highest BCUT2D eigenvalue weighted by atomic mass is 16.5. The molecule has 2 aliphatic heterocycles. The molecule has 5 heteroatoms. The van der Waals surface area contributed by atoms with Crippen LogP contribution in [0.1, 0.15) is 40.7 Å². The van der Waals surface area contributed by atoms with E-state index in [1.165, 1.54) is 0 Å². The second-order valence-corrected chi connectivity index (χ2v) is 6.70. The van der Waals surface area contributed by atoms with Gasteiger partial charge in [-0.05, 0) is 23.6 Å². The van der Waals surface area contributed by atoms with E-state index < -0.39 is 5.92 Å². The molecule has 5 rings (SSSR count). The fourth-order valence-electron chi connectivity index (χ4n) is 4.22. The lowest BCUT2D eigenvalue weighted by molar-refractivity contribution is -0.117. The average molecular weight is 332 g/mol. The fourth-order valence-corrected chi connectivity index (χ4v) is 4.22. The molecule has 1 aromatic heterocycles. The quantitative estimate of drug-likeness (QED) is 0.871. The van der Waals surface area contributed by atoms with Crippen molar-refractivity contribution in [2.75, 3.05) is 0 Å². The third kappa shape index (κ3) is 1.89. The van der Waals surface area contributed by atoms with E-state index in [1.807, 2.05) is 42.5 Å². The molecule has 0 amide bonds. The van der Waals surface area contributed by atoms with Crippen molar-refractivity contribution >= 4 is 11.7 Å². The summed E-state index contributed by atoms with van der Waals surface area (Å²) in [6.07, 6.45) is 2.74. The molecule has 25 heavy (non-hydrogen) atoms. The van der Waals surface area contributed by atoms with Gasteiger partial charge in [-0.15, -0.1) is 0 Å². The van der Waals surface area contributed by atoms with Gasteiger partial charge in [0, 0.05) is 30.3 Å². The summed E-state index contributed by atoms with van der Waals surface area (Å²) in [6.45, 7) is 0. The van der Waals surface area contributed by atoms with Gasteiger partial charge >= 0.3 is 0 Å². The van der Waals surface area contributed by atoms with Crippen LogP contribution in [0, 0.1) is 0 Å². The Morgan fingerprint density at radius 1 is 1.00 bits per heavy atom. The van der Waals surface area contributed by atoms with Gasteiger partial charge in [0.05, 0.1) is 11.5 Å². The lowest BCUT2D eigenvalue weighted by Gasteiger charge is -2.32. The Morgan fingerprint density at radius 3 is 2.60 bits per heavy atom. The molecule has 0 saturated heterocycles. The minimum atomic E-state index is -0.393. The number of aromatic nitrogens is 1. The highest BCUT2D eigenvalue weighted by molar-refractivity contribution is 6.08. The number of carbonyl (C=O) groups excluding carboxylic acids is 2. The summed E-state index contributed by atoms with van der Waals surface area (Å²) in [5, 5.41) is 0. The zero-order valence-electron chi connectivity index (χ0n) is 13.4. The second-order valence-electron chi connectivity index (χ2n) is 6.70. The normalized spacial score (nSPS) is 24.8. The van der Waals surface area contributed by atoms with Gasteiger partial charge in [-0.2, -0.15) is 0 Å². The van der Waals surface area contributed by atoms with Crippen LogP contribution < -0.4 is 5.73 Å². The highest BCUT2D eigenvalue weighted by Gasteiger charge is 2.47. The summed E-state index contributed by atoms with van der Waals surface area (Å²) in [4.78, 5) is 25.6. The molecule has 124 valence electrons. The van der Waals surface area contributed by atoms with Crippen molar-refractivity contribution in [2.24, 2.45) is 5.73 Å². The van der Waals surface area contributed by atoms with Gasteiger partial charge in [0.1, 0.15) is 5.76 Å². The summed E-state index contributed by atoms with van der Waals surface area (Å²) >= 11 is 0. The van der Waals surface area contributed by atoms with E-state index in [0.29, 0.717) is 29.7 Å². The maximum atomic E-state index is 13.0. The van der Waals surface area contributed by atoms with Crippen LogP contribution in [0.2, 0.25) is 0 Å². The molecule has 5 nitrogen and oxygen atoms in total. The zero-order valence-corrected chi connectivity index (χ0v) is 13.4. The number of allylic oxidation sites excluding steroid dienone is 3. The van der Waals surface area contributed by atoms with E-state index in [0.717, 1.165) is 11.3 Å². The standard InChI is InChI=1S/C20H16N2O3/c21-19-18-16(13-7-4-8-22(13)20(18)24)17-14(23)9-12(10-15(17)25-19)11-5-2-1-3-6-11/h1-8,12,16H,9-10,21H2. The molecule has 2 atom stereocenters. The first-order valence-electron chi connectivity index (χ1n) is 8.35. The predicted octanol–water partition coefficient (Wildman–Crippen LogP) is 2.83. The number of rotatable bonds is 1. The average Bonchev–Trinajstić information content (AvgIpc) is 3.19. The van der Waals surface area contributed by atoms with Crippen molar-refractivity contribution in [3.8, 4) is 0 Å². The maximum Gasteiger partial charge on any atom is 0.264 e. The third-order valence-corrected chi connectivity index (χ3v) is 5.34. The molecular formula is C20H16N2O3. The molecule has 3 aliphatic rings. The number of fused-ring (bicyclic) bond motifs is 4. The van der Waals surface area contributed by atoms with Crippen LogP contribution >= 0.6 is 0 Å². The Kier molecular flexibility index (Phi) is 2.83. The van der Waals surface area contributed by atoms with E-state index in [9.17, 15) is 9.59 Å². The number of Topliss-reactive ketones (excluding diaryl/α,β-unsaturated/α-hetero) is 1. The van der Waals surface area contributed by atoms with Crippen LogP contribution in [0.4, 0.5) is 0 Å². The Balaban J connectivity index is 1.61. The molecule has 2 aromatic rings. The molecular weight excluding hydrogens is 316 g/mol. The van der Waals surface area contributed by atoms with Crippen LogP contribution in [0.5, 0.6) is 0 Å². The summed E-state index contributed by atoms with van der Waals surface area (Å²) in [7, 11) is 0. The number of ketones is 1. The number of benzene rings is 1. The molecule has 2 N–H and O–H groups in total. The van der Waals surface area contributed by atoms with Gasteiger partial charge in [-0.25, -0.2) is 0 Å². The number of hydrogen-bond donors (Lipinski definition) is 1. The van der Waals surface area contributed by atoms with Gasteiger partial charge in [0.2, 0.25) is 0 Å². The Hall–Kier alpha value is -3.08. The van der Waals surface area contributed by atoms with Crippen molar-refractivity contribution in [3.63, 3.8) is 0 Å². The van der Waals surface area contributed by atoms with Gasteiger partial charge < -0.3 is 10.5 Å². The van der Waals surface area contributed by atoms with E-state index in [2.05, 4.69) is 0 Å². The van der Waals surface area contributed by atoms with Crippen LogP contribution in [0.25, 0.3) is 0 Å². The summed E-state index contributed by atoms with van der Waals surface area (Å²) in [5.41, 5.74) is 8.96. The van der Waals surface area contributed by atoms with E-state index >= 15 is 0 Å². The monoisotopic (exact) mass is 332 g/mol. The number of nitrogens with zero attached hydrogens (tertiary/aromatic N) is 1. The van der Waals surface area contributed by atoms with Crippen molar-refractivity contribution in [1.82, 2.24) is 4.57 Å². The second kappa shape index (κ2) is 4.96. The summed E-state index contributed by atoms with van der Waals surface area (Å²) in [6, 6.07) is 13.6. The number of hydrogen-bond acceptors (Lipinski definition) is 4. The van der Waals surface area contributed by atoms with Gasteiger partial charge in [-0.1, -0.05) is 30.3 Å². The van der Waals surface area contributed by atoms with Crippen LogP contribution in [-0.2, 0) is 9.53 Å². The zero-order chi connectivity index (χ0) is 17.1. The maximum absolute atomic E-state index is 13.0. The van der Waals surface area contributed by atoms with Crippen molar-refractivity contribution in [3.05, 3.63) is 82.7 Å². The highest BCUT2D eigenvalue weighted by Crippen LogP contribution is 2.49. The molecule has 0 fully saturated rings. The SMILES string of the molecule is NC1=C2C(=O)n3cccc3C2C2=C(CC(c3ccccc3)CC2=O)O1. The molecule has 0 spiro atoms.